The van der Waals surface area contributed by atoms with Crippen molar-refractivity contribution in [1.29, 1.82) is 0 Å². The molecule has 0 unspecified atom stereocenters. The standard InChI is InChI=1S/C12H19N2O6P/c15-7-10-1-9(2-13-3-10)4-14-5-11(12(16)6-14)8-20-21(17,18)19/h1-3,11-12,15-16H,4-8H2,(H2,17,18,19)/t11-,12+/m1/s1. The molecule has 0 amide bonds. The first kappa shape index (κ1) is 16.5. The van der Waals surface area contributed by atoms with Crippen molar-refractivity contribution < 1.29 is 29.1 Å². The van der Waals surface area contributed by atoms with Crippen LogP contribution >= 0.6 is 7.82 Å². The van der Waals surface area contributed by atoms with Gasteiger partial charge < -0.3 is 20.0 Å². The summed E-state index contributed by atoms with van der Waals surface area (Å²) >= 11 is 0. The first-order valence-electron chi connectivity index (χ1n) is 6.51. The van der Waals surface area contributed by atoms with E-state index in [0.29, 0.717) is 25.2 Å². The second kappa shape index (κ2) is 6.93. The lowest BCUT2D eigenvalue weighted by Gasteiger charge is -2.16. The zero-order valence-corrected chi connectivity index (χ0v) is 12.3. The molecule has 2 atom stereocenters. The number of β-amino-alcohol motifs (C(OH)–C–C–N with tert-alkyl or cyclic N) is 1. The second-order valence-electron chi connectivity index (χ2n) is 5.17. The van der Waals surface area contributed by atoms with E-state index >= 15 is 0 Å². The lowest BCUT2D eigenvalue weighted by molar-refractivity contribution is 0.0953. The molecule has 2 heterocycles. The van der Waals surface area contributed by atoms with Crippen molar-refractivity contribution in [3.05, 3.63) is 29.6 Å². The zero-order valence-electron chi connectivity index (χ0n) is 11.4. The smallest absolute Gasteiger partial charge is 0.392 e. The molecule has 1 aromatic heterocycles. The molecule has 1 aliphatic rings. The van der Waals surface area contributed by atoms with Crippen molar-refractivity contribution in [2.75, 3.05) is 19.7 Å². The van der Waals surface area contributed by atoms with Crippen molar-refractivity contribution in [2.24, 2.45) is 5.92 Å². The van der Waals surface area contributed by atoms with Crippen molar-refractivity contribution in [2.45, 2.75) is 19.3 Å². The molecule has 118 valence electrons. The van der Waals surface area contributed by atoms with Crippen molar-refractivity contribution in [3.63, 3.8) is 0 Å². The number of aliphatic hydroxyl groups excluding tert-OH is 2. The number of pyridine rings is 1. The summed E-state index contributed by atoms with van der Waals surface area (Å²) < 4.78 is 15.1. The average molecular weight is 318 g/mol. The van der Waals surface area contributed by atoms with Gasteiger partial charge in [0.15, 0.2) is 0 Å². The highest BCUT2D eigenvalue weighted by Gasteiger charge is 2.33. The van der Waals surface area contributed by atoms with Gasteiger partial charge in [0.05, 0.1) is 19.3 Å². The van der Waals surface area contributed by atoms with E-state index in [1.165, 1.54) is 0 Å². The molecular weight excluding hydrogens is 299 g/mol. The molecule has 0 bridgehead atoms. The van der Waals surface area contributed by atoms with Crippen LogP contribution < -0.4 is 0 Å². The number of aliphatic hydroxyl groups is 2. The van der Waals surface area contributed by atoms with Crippen LogP contribution in [0.15, 0.2) is 18.5 Å². The molecule has 8 nitrogen and oxygen atoms in total. The van der Waals surface area contributed by atoms with Crippen LogP contribution in [0.2, 0.25) is 0 Å². The Bertz CT molecular complexity index is 522. The summed E-state index contributed by atoms with van der Waals surface area (Å²) in [6, 6.07) is 1.83. The van der Waals surface area contributed by atoms with Gasteiger partial charge in [0.1, 0.15) is 0 Å². The number of hydrogen-bond acceptors (Lipinski definition) is 6. The maximum absolute atomic E-state index is 10.7. The van der Waals surface area contributed by atoms with Gasteiger partial charge in [0.25, 0.3) is 0 Å². The molecule has 0 radical (unpaired) electrons. The van der Waals surface area contributed by atoms with Crippen LogP contribution in [-0.2, 0) is 22.2 Å². The minimum atomic E-state index is -4.51. The summed E-state index contributed by atoms with van der Waals surface area (Å²) in [7, 11) is -4.51. The van der Waals surface area contributed by atoms with Gasteiger partial charge in [-0.2, -0.15) is 0 Å². The lowest BCUT2D eigenvalue weighted by Crippen LogP contribution is -2.22. The fourth-order valence-corrected chi connectivity index (χ4v) is 2.79. The number of likely N-dealkylation sites (tertiary alicyclic amines) is 1. The van der Waals surface area contributed by atoms with Crippen molar-refractivity contribution in [3.8, 4) is 0 Å². The molecule has 0 spiro atoms. The van der Waals surface area contributed by atoms with Crippen LogP contribution in [0.4, 0.5) is 0 Å². The van der Waals surface area contributed by atoms with Gasteiger partial charge in [-0.25, -0.2) is 4.57 Å². The molecule has 0 saturated carbocycles. The Balaban J connectivity index is 1.90. The Morgan fingerprint density at radius 3 is 2.71 bits per heavy atom. The quantitative estimate of drug-likeness (QED) is 0.517. The second-order valence-corrected chi connectivity index (χ2v) is 6.41. The first-order valence-corrected chi connectivity index (χ1v) is 8.04. The van der Waals surface area contributed by atoms with Crippen LogP contribution in [0, 0.1) is 5.92 Å². The molecule has 9 heteroatoms. The number of aromatic nitrogens is 1. The number of nitrogens with zero attached hydrogens (tertiary/aromatic N) is 2. The van der Waals surface area contributed by atoms with Crippen molar-refractivity contribution >= 4 is 7.82 Å². The van der Waals surface area contributed by atoms with Crippen LogP contribution in [0.5, 0.6) is 0 Å². The van der Waals surface area contributed by atoms with Gasteiger partial charge in [-0.3, -0.25) is 14.4 Å². The van der Waals surface area contributed by atoms with Gasteiger partial charge in [-0.1, -0.05) is 0 Å². The minimum Gasteiger partial charge on any atom is -0.392 e. The molecule has 1 aromatic rings. The predicted octanol–water partition coefficient (Wildman–Crippen LogP) is -0.524. The molecule has 1 aliphatic heterocycles. The summed E-state index contributed by atoms with van der Waals surface area (Å²) in [6.07, 6.45) is 2.58. The Hall–Kier alpha value is -0.860. The van der Waals surface area contributed by atoms with Crippen LogP contribution in [0.3, 0.4) is 0 Å². The highest BCUT2D eigenvalue weighted by molar-refractivity contribution is 7.46. The van der Waals surface area contributed by atoms with E-state index in [-0.39, 0.29) is 19.1 Å². The number of hydrogen-bond donors (Lipinski definition) is 4. The summed E-state index contributed by atoms with van der Waals surface area (Å²) in [5.41, 5.74) is 1.62. The van der Waals surface area contributed by atoms with Crippen LogP contribution in [0.1, 0.15) is 11.1 Å². The predicted molar refractivity (Wildman–Crippen MR) is 72.9 cm³/mol. The van der Waals surface area contributed by atoms with Gasteiger partial charge in [0, 0.05) is 37.9 Å². The fourth-order valence-electron chi connectivity index (χ4n) is 2.40. The van der Waals surface area contributed by atoms with Crippen molar-refractivity contribution in [1.82, 2.24) is 9.88 Å². The average Bonchev–Trinajstić information content (AvgIpc) is 2.76. The monoisotopic (exact) mass is 318 g/mol. The van der Waals surface area contributed by atoms with Crippen LogP contribution in [-0.4, -0.2) is 55.7 Å². The zero-order chi connectivity index (χ0) is 15.5. The third-order valence-electron chi connectivity index (χ3n) is 3.38. The van der Waals surface area contributed by atoms with E-state index in [9.17, 15) is 9.67 Å². The first-order chi connectivity index (χ1) is 9.87. The number of phosphoric acid groups is 1. The molecule has 0 aromatic carbocycles. The molecule has 21 heavy (non-hydrogen) atoms. The number of rotatable bonds is 6. The maximum atomic E-state index is 10.7. The van der Waals surface area contributed by atoms with Gasteiger partial charge in [-0.05, 0) is 17.2 Å². The minimum absolute atomic E-state index is 0.0811. The Morgan fingerprint density at radius 2 is 2.05 bits per heavy atom. The topological polar surface area (TPSA) is 123 Å². The van der Waals surface area contributed by atoms with E-state index in [0.717, 1.165) is 5.56 Å². The SMILES string of the molecule is O=P(O)(O)OC[C@H]1CN(Cc2cncc(CO)c2)C[C@@H]1O. The molecular formula is C12H19N2O6P. The Morgan fingerprint density at radius 1 is 1.33 bits per heavy atom. The van der Waals surface area contributed by atoms with E-state index < -0.39 is 13.9 Å². The van der Waals surface area contributed by atoms with Gasteiger partial charge in [-0.15, -0.1) is 0 Å². The number of phosphoric ester groups is 1. The summed E-state index contributed by atoms with van der Waals surface area (Å²) in [5, 5.41) is 19.0. The molecule has 2 rings (SSSR count). The van der Waals surface area contributed by atoms with E-state index in [1.807, 2.05) is 11.0 Å². The maximum Gasteiger partial charge on any atom is 0.469 e. The van der Waals surface area contributed by atoms with E-state index in [1.54, 1.807) is 12.4 Å². The largest absolute Gasteiger partial charge is 0.469 e. The van der Waals surface area contributed by atoms with Gasteiger partial charge >= 0.3 is 7.82 Å². The van der Waals surface area contributed by atoms with Crippen LogP contribution in [0.25, 0.3) is 0 Å². The normalized spacial score (nSPS) is 23.6. The molecule has 1 fully saturated rings. The third-order valence-corrected chi connectivity index (χ3v) is 3.86. The van der Waals surface area contributed by atoms with E-state index in [2.05, 4.69) is 9.51 Å². The molecule has 1 saturated heterocycles. The molecule has 0 aliphatic carbocycles. The van der Waals surface area contributed by atoms with Gasteiger partial charge in [0.2, 0.25) is 0 Å². The Kier molecular flexibility index (Phi) is 5.45. The summed E-state index contributed by atoms with van der Waals surface area (Å²) in [4.78, 5) is 23.4. The Labute approximate surface area is 122 Å². The highest BCUT2D eigenvalue weighted by atomic mass is 31.2. The lowest BCUT2D eigenvalue weighted by atomic mass is 10.1. The molecule has 4 N–H and O–H groups in total. The highest BCUT2D eigenvalue weighted by Crippen LogP contribution is 2.37. The fraction of sp³-hybridized carbons (Fsp3) is 0.583. The summed E-state index contributed by atoms with van der Waals surface area (Å²) in [6.45, 7) is 1.16. The third kappa shape index (κ3) is 5.12. The summed E-state index contributed by atoms with van der Waals surface area (Å²) in [5.74, 6) is -0.341. The van der Waals surface area contributed by atoms with E-state index in [4.69, 9.17) is 14.9 Å².